The molecular formula is C22H31N3O3. The quantitative estimate of drug-likeness (QED) is 0.815. The van der Waals surface area contributed by atoms with Crippen molar-refractivity contribution in [2.75, 3.05) is 32.8 Å². The number of hydrogen-bond donors (Lipinski definition) is 1. The van der Waals surface area contributed by atoms with Gasteiger partial charge in [-0.3, -0.25) is 14.5 Å². The number of ether oxygens (including phenoxy) is 1. The molecule has 0 bridgehead atoms. The van der Waals surface area contributed by atoms with Crippen LogP contribution < -0.4 is 5.32 Å². The minimum Gasteiger partial charge on any atom is -0.371 e. The highest BCUT2D eigenvalue weighted by molar-refractivity contribution is 5.77. The average Bonchev–Trinajstić information content (AvgIpc) is 3.11. The summed E-state index contributed by atoms with van der Waals surface area (Å²) in [6.45, 7) is 4.06. The highest BCUT2D eigenvalue weighted by Gasteiger charge is 2.38. The Hall–Kier alpha value is -1.92. The Bertz CT molecular complexity index is 681. The van der Waals surface area contributed by atoms with E-state index in [0.717, 1.165) is 51.9 Å². The molecule has 0 unspecified atom stereocenters. The van der Waals surface area contributed by atoms with E-state index < -0.39 is 0 Å². The third-order valence-corrected chi connectivity index (χ3v) is 6.21. The van der Waals surface area contributed by atoms with Gasteiger partial charge >= 0.3 is 0 Å². The summed E-state index contributed by atoms with van der Waals surface area (Å²) < 4.78 is 6.08. The van der Waals surface area contributed by atoms with Gasteiger partial charge < -0.3 is 15.0 Å². The summed E-state index contributed by atoms with van der Waals surface area (Å²) in [7, 11) is 0. The number of fused-ring (bicyclic) bond motifs is 1. The van der Waals surface area contributed by atoms with Crippen LogP contribution in [0.3, 0.4) is 0 Å². The van der Waals surface area contributed by atoms with Crippen LogP contribution in [0.5, 0.6) is 0 Å². The fourth-order valence-electron chi connectivity index (χ4n) is 4.68. The molecule has 1 aromatic carbocycles. The third kappa shape index (κ3) is 4.73. The topological polar surface area (TPSA) is 61.9 Å². The van der Waals surface area contributed by atoms with Crippen molar-refractivity contribution in [1.29, 1.82) is 0 Å². The van der Waals surface area contributed by atoms with E-state index >= 15 is 0 Å². The van der Waals surface area contributed by atoms with Crippen LogP contribution in [0.25, 0.3) is 0 Å². The van der Waals surface area contributed by atoms with Gasteiger partial charge in [-0.15, -0.1) is 0 Å². The van der Waals surface area contributed by atoms with Crippen LogP contribution in [0.4, 0.5) is 0 Å². The highest BCUT2D eigenvalue weighted by atomic mass is 16.5. The van der Waals surface area contributed by atoms with E-state index in [1.807, 2.05) is 11.0 Å². The Labute approximate surface area is 167 Å². The zero-order chi connectivity index (χ0) is 19.3. The molecule has 0 spiro atoms. The van der Waals surface area contributed by atoms with E-state index in [2.05, 4.69) is 34.5 Å². The van der Waals surface area contributed by atoms with Crippen LogP contribution in [0.2, 0.25) is 0 Å². The zero-order valence-corrected chi connectivity index (χ0v) is 16.5. The molecular weight excluding hydrogens is 354 g/mol. The number of hydrogen-bond acceptors (Lipinski definition) is 4. The second kappa shape index (κ2) is 9.05. The number of carbonyl (C=O) groups is 2. The lowest BCUT2D eigenvalue weighted by Gasteiger charge is -2.35. The maximum Gasteiger partial charge on any atom is 0.222 e. The van der Waals surface area contributed by atoms with Gasteiger partial charge in [-0.05, 0) is 31.2 Å². The molecule has 1 N–H and O–H groups in total. The zero-order valence-electron chi connectivity index (χ0n) is 16.5. The molecule has 6 nitrogen and oxygen atoms in total. The number of benzene rings is 1. The molecule has 3 aliphatic rings. The summed E-state index contributed by atoms with van der Waals surface area (Å²) in [6.07, 6.45) is 5.07. The van der Waals surface area contributed by atoms with Crippen molar-refractivity contribution in [1.82, 2.24) is 15.1 Å². The van der Waals surface area contributed by atoms with E-state index in [0.29, 0.717) is 25.4 Å². The number of carbonyl (C=O) groups excluding carboxylic acids is 2. The number of nitrogens with one attached hydrogen (secondary N) is 1. The second-order valence-corrected chi connectivity index (χ2v) is 8.28. The van der Waals surface area contributed by atoms with Crippen molar-refractivity contribution in [3.8, 4) is 0 Å². The average molecular weight is 386 g/mol. The van der Waals surface area contributed by atoms with Crippen LogP contribution in [-0.4, -0.2) is 66.5 Å². The molecule has 0 aliphatic carbocycles. The lowest BCUT2D eigenvalue weighted by Crippen LogP contribution is -2.43. The van der Waals surface area contributed by atoms with Crippen molar-refractivity contribution >= 4 is 11.8 Å². The Morgan fingerprint density at radius 1 is 1.18 bits per heavy atom. The maximum atomic E-state index is 12.3. The SMILES string of the molecule is O=C(CCCN1CCCCC1=O)N[C@@H]1C[C@H]2CO[C@@H](c3ccccc3)CN2C1. The summed E-state index contributed by atoms with van der Waals surface area (Å²) >= 11 is 0. The third-order valence-electron chi connectivity index (χ3n) is 6.21. The standard InChI is InChI=1S/C22H31N3O3/c26-21(9-6-12-24-11-5-4-10-22(24)27)23-18-13-19-16-28-20(15-25(19)14-18)17-7-2-1-3-8-17/h1-3,7-8,18-20H,4-6,9-16H2,(H,23,26)/t18-,19+,20-/m1/s1. The van der Waals surface area contributed by atoms with E-state index in [1.165, 1.54) is 5.56 Å². The van der Waals surface area contributed by atoms with Crippen molar-refractivity contribution < 1.29 is 14.3 Å². The molecule has 3 aliphatic heterocycles. The Morgan fingerprint density at radius 2 is 2.04 bits per heavy atom. The second-order valence-electron chi connectivity index (χ2n) is 8.28. The molecule has 1 aromatic rings. The lowest BCUT2D eigenvalue weighted by molar-refractivity contribution is -0.133. The smallest absolute Gasteiger partial charge is 0.222 e. The van der Waals surface area contributed by atoms with Gasteiger partial charge in [-0.1, -0.05) is 30.3 Å². The fraction of sp³-hybridized carbons (Fsp3) is 0.636. The molecule has 3 heterocycles. The van der Waals surface area contributed by atoms with E-state index in [9.17, 15) is 9.59 Å². The van der Waals surface area contributed by atoms with Gasteiger partial charge in [0, 0.05) is 51.1 Å². The van der Waals surface area contributed by atoms with Crippen LogP contribution in [0, 0.1) is 0 Å². The molecule has 0 radical (unpaired) electrons. The van der Waals surface area contributed by atoms with E-state index in [1.54, 1.807) is 0 Å². The van der Waals surface area contributed by atoms with Crippen molar-refractivity contribution in [2.45, 2.75) is 56.7 Å². The van der Waals surface area contributed by atoms with Gasteiger partial charge in [0.25, 0.3) is 0 Å². The minimum atomic E-state index is 0.106. The number of likely N-dealkylation sites (tertiary alicyclic amines) is 1. The molecule has 3 saturated heterocycles. The normalized spacial score (nSPS) is 28.2. The molecule has 0 aromatic heterocycles. The summed E-state index contributed by atoms with van der Waals surface area (Å²) in [4.78, 5) is 28.5. The number of amides is 2. The van der Waals surface area contributed by atoms with Gasteiger partial charge in [0.2, 0.25) is 11.8 Å². The van der Waals surface area contributed by atoms with Crippen molar-refractivity contribution in [3.63, 3.8) is 0 Å². The lowest BCUT2D eigenvalue weighted by atomic mass is 10.1. The molecule has 6 heteroatoms. The minimum absolute atomic E-state index is 0.106. The van der Waals surface area contributed by atoms with Gasteiger partial charge in [0.15, 0.2) is 0 Å². The Balaban J connectivity index is 1.19. The van der Waals surface area contributed by atoms with E-state index in [-0.39, 0.29) is 24.0 Å². The van der Waals surface area contributed by atoms with Gasteiger partial charge in [-0.25, -0.2) is 0 Å². The van der Waals surface area contributed by atoms with E-state index in [4.69, 9.17) is 4.74 Å². The van der Waals surface area contributed by atoms with Gasteiger partial charge in [0.1, 0.15) is 0 Å². The van der Waals surface area contributed by atoms with Crippen LogP contribution >= 0.6 is 0 Å². The molecule has 3 atom stereocenters. The molecule has 3 fully saturated rings. The number of rotatable bonds is 6. The Morgan fingerprint density at radius 3 is 2.86 bits per heavy atom. The summed E-state index contributed by atoms with van der Waals surface area (Å²) in [6, 6.07) is 11.0. The van der Waals surface area contributed by atoms with Crippen molar-refractivity contribution in [3.05, 3.63) is 35.9 Å². The number of nitrogens with zero attached hydrogens (tertiary/aromatic N) is 2. The fourth-order valence-corrected chi connectivity index (χ4v) is 4.68. The summed E-state index contributed by atoms with van der Waals surface area (Å²) in [5, 5.41) is 3.20. The first-order valence-electron chi connectivity index (χ1n) is 10.7. The first-order chi connectivity index (χ1) is 13.7. The Kier molecular flexibility index (Phi) is 6.27. The van der Waals surface area contributed by atoms with Crippen molar-refractivity contribution in [2.24, 2.45) is 0 Å². The van der Waals surface area contributed by atoms with Crippen LogP contribution in [0.15, 0.2) is 30.3 Å². The first-order valence-corrected chi connectivity index (χ1v) is 10.7. The molecule has 0 saturated carbocycles. The number of piperidine rings is 1. The summed E-state index contributed by atoms with van der Waals surface area (Å²) in [5.41, 5.74) is 1.22. The molecule has 152 valence electrons. The van der Waals surface area contributed by atoms with Gasteiger partial charge in [-0.2, -0.15) is 0 Å². The number of morpholine rings is 1. The predicted molar refractivity (Wildman–Crippen MR) is 107 cm³/mol. The predicted octanol–water partition coefficient (Wildman–Crippen LogP) is 2.11. The maximum absolute atomic E-state index is 12.3. The largest absolute Gasteiger partial charge is 0.371 e. The van der Waals surface area contributed by atoms with Crippen LogP contribution in [0.1, 0.15) is 50.2 Å². The molecule has 2 amide bonds. The first kappa shape index (κ1) is 19.4. The highest BCUT2D eigenvalue weighted by Crippen LogP contribution is 2.30. The summed E-state index contributed by atoms with van der Waals surface area (Å²) in [5.74, 6) is 0.349. The molecule has 28 heavy (non-hydrogen) atoms. The van der Waals surface area contributed by atoms with Crippen LogP contribution in [-0.2, 0) is 14.3 Å². The molecule has 4 rings (SSSR count). The monoisotopic (exact) mass is 385 g/mol. The van der Waals surface area contributed by atoms with Gasteiger partial charge in [0.05, 0.1) is 12.7 Å².